The van der Waals surface area contributed by atoms with E-state index in [2.05, 4.69) is 5.32 Å². The van der Waals surface area contributed by atoms with Crippen molar-refractivity contribution >= 4 is 11.8 Å². The molecule has 0 rings (SSSR count). The summed E-state index contributed by atoms with van der Waals surface area (Å²) in [5, 5.41) is 2.44. The molecule has 1 unspecified atom stereocenters. The molecule has 0 saturated carbocycles. The Kier molecular flexibility index (Phi) is 5.06. The summed E-state index contributed by atoms with van der Waals surface area (Å²) in [5.41, 5.74) is 5.33. The molecule has 0 heterocycles. The van der Waals surface area contributed by atoms with Gasteiger partial charge in [-0.15, -0.1) is 0 Å². The Morgan fingerprint density at radius 1 is 1.54 bits per heavy atom. The van der Waals surface area contributed by atoms with Gasteiger partial charge in [-0.3, -0.25) is 9.59 Å². The van der Waals surface area contributed by atoms with Gasteiger partial charge in [-0.25, -0.2) is 0 Å². The van der Waals surface area contributed by atoms with Crippen molar-refractivity contribution < 1.29 is 9.59 Å². The van der Waals surface area contributed by atoms with Gasteiger partial charge < -0.3 is 16.0 Å². The molecular weight excluding hydrogens is 170 g/mol. The van der Waals surface area contributed by atoms with E-state index in [0.29, 0.717) is 6.54 Å². The van der Waals surface area contributed by atoms with Gasteiger partial charge in [-0.05, 0) is 0 Å². The Labute approximate surface area is 78.3 Å². The molecular formula is C8H17N3O2. The third kappa shape index (κ3) is 3.89. The number of amides is 2. The van der Waals surface area contributed by atoms with Crippen LogP contribution < -0.4 is 11.1 Å². The van der Waals surface area contributed by atoms with Crippen molar-refractivity contribution in [3.8, 4) is 0 Å². The average Bonchev–Trinajstić information content (AvgIpc) is 2.14. The number of nitrogens with two attached hydrogens (primary N) is 1. The maximum atomic E-state index is 11.4. The predicted molar refractivity (Wildman–Crippen MR) is 49.9 cm³/mol. The molecule has 0 saturated heterocycles. The topological polar surface area (TPSA) is 75.4 Å². The summed E-state index contributed by atoms with van der Waals surface area (Å²) in [6.45, 7) is 2.12. The zero-order chi connectivity index (χ0) is 10.4. The number of nitrogens with zero attached hydrogens (tertiary/aromatic N) is 1. The minimum absolute atomic E-state index is 0.0830. The van der Waals surface area contributed by atoms with Crippen LogP contribution in [-0.2, 0) is 9.59 Å². The molecule has 0 aliphatic rings. The van der Waals surface area contributed by atoms with Crippen molar-refractivity contribution in [2.75, 3.05) is 27.2 Å². The largest absolute Gasteiger partial charge is 0.358 e. The smallest absolute Gasteiger partial charge is 0.239 e. The van der Waals surface area contributed by atoms with Crippen molar-refractivity contribution in [2.45, 2.75) is 6.92 Å². The summed E-state index contributed by atoms with van der Waals surface area (Å²) in [6.07, 6.45) is 0. The summed E-state index contributed by atoms with van der Waals surface area (Å²) in [4.78, 5) is 23.7. The van der Waals surface area contributed by atoms with E-state index in [0.717, 1.165) is 0 Å². The van der Waals surface area contributed by atoms with Crippen LogP contribution in [0.3, 0.4) is 0 Å². The second kappa shape index (κ2) is 5.53. The van der Waals surface area contributed by atoms with E-state index < -0.39 is 0 Å². The zero-order valence-electron chi connectivity index (χ0n) is 8.33. The first-order valence-electron chi connectivity index (χ1n) is 4.18. The molecule has 0 aromatic rings. The lowest BCUT2D eigenvalue weighted by atomic mass is 10.1. The third-order valence-corrected chi connectivity index (χ3v) is 1.81. The fraction of sp³-hybridized carbons (Fsp3) is 0.750. The molecule has 0 spiro atoms. The fourth-order valence-corrected chi connectivity index (χ4v) is 0.849. The molecule has 5 heteroatoms. The minimum atomic E-state index is -0.227. The quantitative estimate of drug-likeness (QED) is 0.579. The van der Waals surface area contributed by atoms with Crippen LogP contribution in [0, 0.1) is 5.92 Å². The highest BCUT2D eigenvalue weighted by atomic mass is 16.2. The SMILES string of the molecule is CNC(=O)CN(C)C(=O)C(C)CN. The standard InChI is InChI=1S/C8H17N3O2/c1-6(4-9)8(13)11(3)5-7(12)10-2/h6H,4-5,9H2,1-3H3,(H,10,12). The Hall–Kier alpha value is -1.10. The van der Waals surface area contributed by atoms with E-state index in [-0.39, 0.29) is 24.3 Å². The Balaban J connectivity index is 4.03. The highest BCUT2D eigenvalue weighted by Crippen LogP contribution is 1.97. The van der Waals surface area contributed by atoms with Crippen LogP contribution in [0.1, 0.15) is 6.92 Å². The minimum Gasteiger partial charge on any atom is -0.358 e. The highest BCUT2D eigenvalue weighted by molar-refractivity contribution is 5.85. The second-order valence-electron chi connectivity index (χ2n) is 3.00. The average molecular weight is 187 g/mol. The summed E-state index contributed by atoms with van der Waals surface area (Å²) in [7, 11) is 3.12. The van der Waals surface area contributed by atoms with Gasteiger partial charge in [-0.2, -0.15) is 0 Å². The van der Waals surface area contributed by atoms with Crippen LogP contribution in [0.15, 0.2) is 0 Å². The van der Waals surface area contributed by atoms with E-state index >= 15 is 0 Å². The molecule has 0 aromatic carbocycles. The third-order valence-electron chi connectivity index (χ3n) is 1.81. The van der Waals surface area contributed by atoms with Crippen LogP contribution in [0.4, 0.5) is 0 Å². The molecule has 76 valence electrons. The zero-order valence-corrected chi connectivity index (χ0v) is 8.33. The Morgan fingerprint density at radius 2 is 2.08 bits per heavy atom. The summed E-state index contributed by atoms with van der Waals surface area (Å²) in [6, 6.07) is 0. The molecule has 13 heavy (non-hydrogen) atoms. The van der Waals surface area contributed by atoms with Crippen LogP contribution in [0.2, 0.25) is 0 Å². The van der Waals surface area contributed by atoms with Crippen molar-refractivity contribution in [1.29, 1.82) is 0 Å². The van der Waals surface area contributed by atoms with Gasteiger partial charge in [-0.1, -0.05) is 6.92 Å². The lowest BCUT2D eigenvalue weighted by Gasteiger charge is -2.19. The molecule has 0 aliphatic heterocycles. The van der Waals surface area contributed by atoms with Crippen molar-refractivity contribution in [3.05, 3.63) is 0 Å². The summed E-state index contributed by atoms with van der Waals surface area (Å²) >= 11 is 0. The molecule has 0 aliphatic carbocycles. The van der Waals surface area contributed by atoms with Gasteiger partial charge in [0.05, 0.1) is 6.54 Å². The van der Waals surface area contributed by atoms with Gasteiger partial charge in [0.2, 0.25) is 11.8 Å². The van der Waals surface area contributed by atoms with Crippen molar-refractivity contribution in [3.63, 3.8) is 0 Å². The highest BCUT2D eigenvalue weighted by Gasteiger charge is 2.17. The van der Waals surface area contributed by atoms with Gasteiger partial charge >= 0.3 is 0 Å². The summed E-state index contributed by atoms with van der Waals surface area (Å²) < 4.78 is 0. The van der Waals surface area contributed by atoms with E-state index in [9.17, 15) is 9.59 Å². The van der Waals surface area contributed by atoms with Gasteiger partial charge in [0, 0.05) is 26.6 Å². The van der Waals surface area contributed by atoms with Gasteiger partial charge in [0.15, 0.2) is 0 Å². The molecule has 5 nitrogen and oxygen atoms in total. The molecule has 2 amide bonds. The number of rotatable bonds is 4. The first kappa shape index (κ1) is 11.9. The molecule has 0 aromatic heterocycles. The molecule has 1 atom stereocenters. The Bertz CT molecular complexity index is 194. The van der Waals surface area contributed by atoms with Crippen LogP contribution in [0.5, 0.6) is 0 Å². The normalized spacial score (nSPS) is 12.0. The van der Waals surface area contributed by atoms with Crippen LogP contribution in [0.25, 0.3) is 0 Å². The molecule has 0 bridgehead atoms. The maximum absolute atomic E-state index is 11.4. The number of nitrogens with one attached hydrogen (secondary N) is 1. The van der Waals surface area contributed by atoms with E-state index in [1.165, 1.54) is 11.9 Å². The number of likely N-dealkylation sites (N-methyl/N-ethyl adjacent to an activating group) is 2. The summed E-state index contributed by atoms with van der Waals surface area (Å²) in [5.74, 6) is -0.513. The Morgan fingerprint density at radius 3 is 2.46 bits per heavy atom. The van der Waals surface area contributed by atoms with Crippen molar-refractivity contribution in [1.82, 2.24) is 10.2 Å². The predicted octanol–water partition coefficient (Wildman–Crippen LogP) is -1.21. The van der Waals surface area contributed by atoms with Gasteiger partial charge in [0.25, 0.3) is 0 Å². The second-order valence-corrected chi connectivity index (χ2v) is 3.00. The molecule has 0 fully saturated rings. The van der Waals surface area contributed by atoms with E-state index in [1.807, 2.05) is 0 Å². The number of carbonyl (C=O) groups excluding carboxylic acids is 2. The van der Waals surface area contributed by atoms with Crippen LogP contribution >= 0.6 is 0 Å². The molecule has 0 radical (unpaired) electrons. The molecule has 3 N–H and O–H groups in total. The first-order chi connectivity index (χ1) is 6.02. The van der Waals surface area contributed by atoms with E-state index in [4.69, 9.17) is 5.73 Å². The lowest BCUT2D eigenvalue weighted by Crippen LogP contribution is -2.41. The number of hydrogen-bond donors (Lipinski definition) is 2. The number of carbonyl (C=O) groups is 2. The number of hydrogen-bond acceptors (Lipinski definition) is 3. The lowest BCUT2D eigenvalue weighted by molar-refractivity contribution is -0.137. The maximum Gasteiger partial charge on any atom is 0.239 e. The fourth-order valence-electron chi connectivity index (χ4n) is 0.849. The van der Waals surface area contributed by atoms with Gasteiger partial charge in [0.1, 0.15) is 0 Å². The van der Waals surface area contributed by atoms with Crippen molar-refractivity contribution in [2.24, 2.45) is 11.7 Å². The van der Waals surface area contributed by atoms with Crippen LogP contribution in [-0.4, -0.2) is 43.9 Å². The monoisotopic (exact) mass is 187 g/mol. The first-order valence-corrected chi connectivity index (χ1v) is 4.18. The van der Waals surface area contributed by atoms with E-state index in [1.54, 1.807) is 14.0 Å².